The van der Waals surface area contributed by atoms with Gasteiger partial charge in [-0.25, -0.2) is 4.98 Å². The van der Waals surface area contributed by atoms with Crippen molar-refractivity contribution in [2.75, 3.05) is 10.2 Å². The van der Waals surface area contributed by atoms with Crippen molar-refractivity contribution in [1.29, 1.82) is 0 Å². The Balaban J connectivity index is 1.59. The van der Waals surface area contributed by atoms with Crippen LogP contribution in [0.3, 0.4) is 0 Å². The van der Waals surface area contributed by atoms with E-state index in [1.54, 1.807) is 12.4 Å². The Bertz CT molecular complexity index is 991. The van der Waals surface area contributed by atoms with Gasteiger partial charge in [-0.1, -0.05) is 54.6 Å². The van der Waals surface area contributed by atoms with E-state index in [0.717, 1.165) is 17.2 Å². The highest BCUT2D eigenvalue weighted by Gasteiger charge is 2.13. The van der Waals surface area contributed by atoms with Crippen LogP contribution >= 0.6 is 0 Å². The molecule has 28 heavy (non-hydrogen) atoms. The molecule has 0 amide bonds. The highest BCUT2D eigenvalue weighted by Crippen LogP contribution is 2.25. The van der Waals surface area contributed by atoms with Crippen LogP contribution in [0.1, 0.15) is 11.3 Å². The first-order valence-corrected chi connectivity index (χ1v) is 9.22. The molecule has 5 nitrogen and oxygen atoms in total. The van der Waals surface area contributed by atoms with Gasteiger partial charge >= 0.3 is 0 Å². The maximum Gasteiger partial charge on any atom is 0.232 e. The average Bonchev–Trinajstić information content (AvgIpc) is 2.78. The van der Waals surface area contributed by atoms with Gasteiger partial charge in [-0.3, -0.25) is 4.98 Å². The van der Waals surface area contributed by atoms with Crippen LogP contribution in [0.25, 0.3) is 0 Å². The predicted molar refractivity (Wildman–Crippen MR) is 112 cm³/mol. The third-order valence-corrected chi connectivity index (χ3v) is 4.31. The van der Waals surface area contributed by atoms with Gasteiger partial charge in [0, 0.05) is 18.1 Å². The van der Waals surface area contributed by atoms with Crippen molar-refractivity contribution in [3.05, 3.63) is 109 Å². The molecule has 2 aromatic heterocycles. The lowest BCUT2D eigenvalue weighted by atomic mass is 10.2. The quantitative estimate of drug-likeness (QED) is 0.507. The minimum absolute atomic E-state index is 0.612. The van der Waals surface area contributed by atoms with Crippen molar-refractivity contribution in [3.63, 3.8) is 0 Å². The molecule has 0 atom stereocenters. The lowest BCUT2D eigenvalue weighted by Crippen LogP contribution is -2.19. The van der Waals surface area contributed by atoms with Gasteiger partial charge in [-0.2, -0.15) is 4.98 Å². The molecular weight excluding hydrogens is 346 g/mol. The van der Waals surface area contributed by atoms with E-state index in [9.17, 15) is 0 Å². The summed E-state index contributed by atoms with van der Waals surface area (Å²) in [5.41, 5.74) is 3.21. The Morgan fingerprint density at radius 1 is 0.714 bits per heavy atom. The largest absolute Gasteiger partial charge is 0.364 e. The summed E-state index contributed by atoms with van der Waals surface area (Å²) < 4.78 is 0. The van der Waals surface area contributed by atoms with Crippen LogP contribution in [0.2, 0.25) is 0 Å². The van der Waals surface area contributed by atoms with Gasteiger partial charge in [0.2, 0.25) is 5.95 Å². The van der Waals surface area contributed by atoms with Crippen LogP contribution in [-0.2, 0) is 13.1 Å². The van der Waals surface area contributed by atoms with Gasteiger partial charge in [0.15, 0.2) is 0 Å². The molecule has 2 aromatic carbocycles. The lowest BCUT2D eigenvalue weighted by molar-refractivity contribution is 0.907. The van der Waals surface area contributed by atoms with Crippen LogP contribution in [0.15, 0.2) is 97.3 Å². The third kappa shape index (κ3) is 4.51. The van der Waals surface area contributed by atoms with Gasteiger partial charge in [-0.15, -0.1) is 0 Å². The second-order valence-electron chi connectivity index (χ2n) is 6.32. The molecule has 0 radical (unpaired) electrons. The second kappa shape index (κ2) is 8.77. The Morgan fingerprint density at radius 2 is 1.46 bits per heavy atom. The Kier molecular flexibility index (Phi) is 5.54. The van der Waals surface area contributed by atoms with Crippen LogP contribution in [0, 0.1) is 0 Å². The van der Waals surface area contributed by atoms with Gasteiger partial charge in [0.25, 0.3) is 0 Å². The SMILES string of the molecule is c1ccc(CN(c2ccccc2)c2nccc(NCc3ccccn3)n2)cc1. The molecule has 4 aromatic rings. The molecule has 5 heteroatoms. The zero-order valence-electron chi connectivity index (χ0n) is 15.4. The van der Waals surface area contributed by atoms with E-state index in [1.807, 2.05) is 60.7 Å². The minimum atomic E-state index is 0.612. The summed E-state index contributed by atoms with van der Waals surface area (Å²) in [4.78, 5) is 15.7. The molecule has 0 spiro atoms. The molecule has 0 aliphatic carbocycles. The molecule has 0 bridgehead atoms. The van der Waals surface area contributed by atoms with Gasteiger partial charge in [0.1, 0.15) is 5.82 Å². The monoisotopic (exact) mass is 367 g/mol. The van der Waals surface area contributed by atoms with E-state index in [2.05, 4.69) is 44.5 Å². The van der Waals surface area contributed by atoms with Crippen molar-refractivity contribution < 1.29 is 0 Å². The number of rotatable bonds is 7. The first-order chi connectivity index (χ1) is 13.9. The van der Waals surface area contributed by atoms with E-state index in [1.165, 1.54) is 5.56 Å². The zero-order chi connectivity index (χ0) is 19.0. The van der Waals surface area contributed by atoms with Crippen molar-refractivity contribution in [3.8, 4) is 0 Å². The van der Waals surface area contributed by atoms with Gasteiger partial charge in [-0.05, 0) is 35.9 Å². The molecule has 0 unspecified atom stereocenters. The maximum absolute atomic E-state index is 4.74. The Labute approximate surface area is 164 Å². The molecule has 0 aliphatic heterocycles. The third-order valence-electron chi connectivity index (χ3n) is 4.31. The van der Waals surface area contributed by atoms with Gasteiger partial charge < -0.3 is 10.2 Å². The highest BCUT2D eigenvalue weighted by molar-refractivity contribution is 5.58. The fourth-order valence-electron chi connectivity index (χ4n) is 2.91. The second-order valence-corrected chi connectivity index (χ2v) is 6.32. The molecule has 4 rings (SSSR count). The number of hydrogen-bond acceptors (Lipinski definition) is 5. The molecule has 1 N–H and O–H groups in total. The van der Waals surface area contributed by atoms with Crippen LogP contribution in [0.5, 0.6) is 0 Å². The van der Waals surface area contributed by atoms with E-state index in [0.29, 0.717) is 19.0 Å². The van der Waals surface area contributed by atoms with Crippen molar-refractivity contribution in [2.45, 2.75) is 13.1 Å². The number of anilines is 3. The molecule has 0 saturated heterocycles. The lowest BCUT2D eigenvalue weighted by Gasteiger charge is -2.23. The number of para-hydroxylation sites is 1. The fourth-order valence-corrected chi connectivity index (χ4v) is 2.91. The molecule has 0 fully saturated rings. The summed E-state index contributed by atoms with van der Waals surface area (Å²) >= 11 is 0. The molecule has 138 valence electrons. The summed E-state index contributed by atoms with van der Waals surface area (Å²) in [7, 11) is 0. The summed E-state index contributed by atoms with van der Waals surface area (Å²) in [5, 5.41) is 3.33. The minimum Gasteiger partial charge on any atom is -0.364 e. The number of hydrogen-bond donors (Lipinski definition) is 1. The average molecular weight is 367 g/mol. The van der Waals surface area contributed by atoms with E-state index in [4.69, 9.17) is 4.98 Å². The zero-order valence-corrected chi connectivity index (χ0v) is 15.4. The summed E-state index contributed by atoms with van der Waals surface area (Å²) in [6, 6.07) is 28.3. The Morgan fingerprint density at radius 3 is 2.21 bits per heavy atom. The molecular formula is C23H21N5. The predicted octanol–water partition coefficient (Wildman–Crippen LogP) is 4.82. The number of benzene rings is 2. The molecule has 2 heterocycles. The standard InChI is InChI=1S/C23H21N5/c1-3-9-19(10-4-1)18-28(21-12-5-2-6-13-21)23-25-16-14-22(27-23)26-17-20-11-7-8-15-24-20/h1-16H,17-18H2,(H,25,26,27). The van der Waals surface area contributed by atoms with Crippen molar-refractivity contribution in [1.82, 2.24) is 15.0 Å². The highest BCUT2D eigenvalue weighted by atomic mass is 15.3. The first-order valence-electron chi connectivity index (χ1n) is 9.22. The Hall–Kier alpha value is -3.73. The van der Waals surface area contributed by atoms with E-state index >= 15 is 0 Å². The van der Waals surface area contributed by atoms with Crippen molar-refractivity contribution in [2.24, 2.45) is 0 Å². The molecule has 0 aliphatic rings. The van der Waals surface area contributed by atoms with Crippen LogP contribution < -0.4 is 10.2 Å². The summed E-state index contributed by atoms with van der Waals surface area (Å²) in [5.74, 6) is 1.42. The number of nitrogens with one attached hydrogen (secondary N) is 1. The smallest absolute Gasteiger partial charge is 0.232 e. The summed E-state index contributed by atoms with van der Waals surface area (Å²) in [6.45, 7) is 1.30. The molecule has 0 saturated carbocycles. The van der Waals surface area contributed by atoms with Crippen LogP contribution in [-0.4, -0.2) is 15.0 Å². The number of pyridine rings is 1. The van der Waals surface area contributed by atoms with Gasteiger partial charge in [0.05, 0.1) is 18.8 Å². The summed E-state index contributed by atoms with van der Waals surface area (Å²) in [6.07, 6.45) is 3.57. The first kappa shape index (κ1) is 17.7. The van der Waals surface area contributed by atoms with E-state index < -0.39 is 0 Å². The normalized spacial score (nSPS) is 10.4. The number of aromatic nitrogens is 3. The number of nitrogens with zero attached hydrogens (tertiary/aromatic N) is 4. The maximum atomic E-state index is 4.74. The van der Waals surface area contributed by atoms with Crippen molar-refractivity contribution >= 4 is 17.5 Å². The fraction of sp³-hybridized carbons (Fsp3) is 0.0870. The topological polar surface area (TPSA) is 53.9 Å². The van der Waals surface area contributed by atoms with E-state index in [-0.39, 0.29) is 0 Å². The van der Waals surface area contributed by atoms with Crippen LogP contribution in [0.4, 0.5) is 17.5 Å².